The highest BCUT2D eigenvalue weighted by Crippen LogP contribution is 2.23. The minimum absolute atomic E-state index is 0.0443. The Labute approximate surface area is 233 Å². The van der Waals surface area contributed by atoms with Gasteiger partial charge in [0, 0.05) is 38.3 Å². The normalized spacial score (nSPS) is 17.0. The van der Waals surface area contributed by atoms with Gasteiger partial charge in [0.05, 0.1) is 17.8 Å². The molecule has 2 aromatic heterocycles. The van der Waals surface area contributed by atoms with Crippen LogP contribution in [0.2, 0.25) is 0 Å². The molecule has 10 nitrogen and oxygen atoms in total. The summed E-state index contributed by atoms with van der Waals surface area (Å²) in [7, 11) is 0. The molecule has 4 heterocycles. The Morgan fingerprint density at radius 2 is 2.08 bits per heavy atom. The highest BCUT2D eigenvalue weighted by atomic mass is 32.1. The van der Waals surface area contributed by atoms with Gasteiger partial charge >= 0.3 is 6.09 Å². The maximum Gasteiger partial charge on any atom is 0.410 e. The molecule has 0 spiro atoms. The lowest BCUT2D eigenvalue weighted by Gasteiger charge is -2.41. The lowest BCUT2D eigenvalue weighted by atomic mass is 10.00. The SMILES string of the molecule is Cc1cc(C#N)nc(C)c1C(=O)NCC[C@@H](C)N1CCC(N(Cc2ccsc2)C(=O)CN2CCOC2=O)CC1. The first-order valence-electron chi connectivity index (χ1n) is 13.4. The quantitative estimate of drug-likeness (QED) is 0.481. The van der Waals surface area contributed by atoms with E-state index < -0.39 is 6.09 Å². The van der Waals surface area contributed by atoms with Crippen molar-refractivity contribution in [2.24, 2.45) is 0 Å². The molecule has 1 N–H and O–H groups in total. The third-order valence-corrected chi connectivity index (χ3v) is 8.31. The number of aryl methyl sites for hydroxylation is 2. The Bertz CT molecular complexity index is 1200. The van der Waals surface area contributed by atoms with Crippen LogP contribution in [0.3, 0.4) is 0 Å². The zero-order valence-electron chi connectivity index (χ0n) is 22.8. The molecule has 11 heteroatoms. The molecule has 0 unspecified atom stereocenters. The van der Waals surface area contributed by atoms with Gasteiger partial charge in [-0.15, -0.1) is 0 Å². The van der Waals surface area contributed by atoms with Gasteiger partial charge in [0.1, 0.15) is 24.9 Å². The predicted molar refractivity (Wildman–Crippen MR) is 147 cm³/mol. The number of nitrogens with one attached hydrogen (secondary N) is 1. The van der Waals surface area contributed by atoms with E-state index in [0.717, 1.165) is 43.5 Å². The number of hydrogen-bond donors (Lipinski definition) is 1. The van der Waals surface area contributed by atoms with Crippen LogP contribution >= 0.6 is 11.3 Å². The van der Waals surface area contributed by atoms with E-state index in [0.29, 0.717) is 43.2 Å². The second-order valence-electron chi connectivity index (χ2n) is 10.2. The van der Waals surface area contributed by atoms with E-state index in [1.807, 2.05) is 29.3 Å². The monoisotopic (exact) mass is 552 g/mol. The topological polar surface area (TPSA) is 119 Å². The van der Waals surface area contributed by atoms with Gasteiger partial charge in [0.2, 0.25) is 5.91 Å². The molecule has 0 radical (unpaired) electrons. The number of amides is 3. The van der Waals surface area contributed by atoms with Gasteiger partial charge in [-0.3, -0.25) is 14.5 Å². The van der Waals surface area contributed by atoms with Crippen molar-refractivity contribution in [1.82, 2.24) is 25.0 Å². The number of ether oxygens (including phenoxy) is 1. The number of cyclic esters (lactones) is 1. The summed E-state index contributed by atoms with van der Waals surface area (Å²) < 4.78 is 5.00. The number of pyridine rings is 1. The van der Waals surface area contributed by atoms with E-state index >= 15 is 0 Å². The van der Waals surface area contributed by atoms with Gasteiger partial charge in [-0.2, -0.15) is 16.6 Å². The Kier molecular flexibility index (Phi) is 9.54. The van der Waals surface area contributed by atoms with Gasteiger partial charge in [0.15, 0.2) is 0 Å². The summed E-state index contributed by atoms with van der Waals surface area (Å²) in [5.74, 6) is -0.213. The van der Waals surface area contributed by atoms with Crippen molar-refractivity contribution in [2.45, 2.75) is 58.7 Å². The van der Waals surface area contributed by atoms with Crippen molar-refractivity contribution in [3.8, 4) is 6.07 Å². The summed E-state index contributed by atoms with van der Waals surface area (Å²) in [5.41, 5.74) is 3.25. The molecule has 0 saturated carbocycles. The lowest BCUT2D eigenvalue weighted by molar-refractivity contribution is -0.136. The summed E-state index contributed by atoms with van der Waals surface area (Å²) in [6.45, 7) is 9.36. The molecule has 2 fully saturated rings. The van der Waals surface area contributed by atoms with Gasteiger partial charge in [0.25, 0.3) is 5.91 Å². The van der Waals surface area contributed by atoms with Crippen LogP contribution in [-0.2, 0) is 16.1 Å². The first-order valence-corrected chi connectivity index (χ1v) is 14.3. The molecule has 1 atom stereocenters. The van der Waals surface area contributed by atoms with E-state index in [9.17, 15) is 14.4 Å². The Balaban J connectivity index is 1.28. The minimum Gasteiger partial charge on any atom is -0.448 e. The number of hydrogen-bond acceptors (Lipinski definition) is 8. The maximum absolute atomic E-state index is 13.3. The van der Waals surface area contributed by atoms with E-state index in [1.54, 1.807) is 24.3 Å². The molecule has 2 aliphatic rings. The van der Waals surface area contributed by atoms with Crippen molar-refractivity contribution >= 4 is 29.2 Å². The first kappa shape index (κ1) is 28.5. The molecule has 3 amide bonds. The number of likely N-dealkylation sites (tertiary alicyclic amines) is 1. The molecule has 2 aliphatic heterocycles. The number of nitriles is 1. The Morgan fingerprint density at radius 1 is 1.31 bits per heavy atom. The number of rotatable bonds is 10. The van der Waals surface area contributed by atoms with Crippen molar-refractivity contribution in [1.29, 1.82) is 5.26 Å². The van der Waals surface area contributed by atoms with Crippen molar-refractivity contribution < 1.29 is 19.1 Å². The van der Waals surface area contributed by atoms with Gasteiger partial charge < -0.3 is 19.9 Å². The van der Waals surface area contributed by atoms with E-state index in [1.165, 1.54) is 4.90 Å². The van der Waals surface area contributed by atoms with E-state index in [2.05, 4.69) is 27.5 Å². The largest absolute Gasteiger partial charge is 0.448 e. The number of piperidine rings is 1. The summed E-state index contributed by atoms with van der Waals surface area (Å²) in [4.78, 5) is 48.0. The highest BCUT2D eigenvalue weighted by Gasteiger charge is 2.32. The van der Waals surface area contributed by atoms with Crippen LogP contribution in [0.5, 0.6) is 0 Å². The second kappa shape index (κ2) is 13.0. The number of carbonyl (C=O) groups is 3. The average Bonchev–Trinajstić information content (AvgIpc) is 3.58. The number of thiophene rings is 1. The van der Waals surface area contributed by atoms with Crippen LogP contribution < -0.4 is 5.32 Å². The summed E-state index contributed by atoms with van der Waals surface area (Å²) in [6.07, 6.45) is 2.08. The third-order valence-electron chi connectivity index (χ3n) is 7.57. The Hall–Kier alpha value is -3.49. The molecule has 0 aliphatic carbocycles. The molecule has 208 valence electrons. The fraction of sp³-hybridized carbons (Fsp3) is 0.536. The maximum atomic E-state index is 13.3. The fourth-order valence-corrected chi connectivity index (χ4v) is 6.02. The van der Waals surface area contributed by atoms with Crippen molar-refractivity contribution in [3.63, 3.8) is 0 Å². The van der Waals surface area contributed by atoms with Crippen molar-refractivity contribution in [2.75, 3.05) is 39.3 Å². The van der Waals surface area contributed by atoms with Crippen LogP contribution in [0.1, 0.15) is 59.1 Å². The zero-order chi connectivity index (χ0) is 27.9. The average molecular weight is 553 g/mol. The molecule has 39 heavy (non-hydrogen) atoms. The van der Waals surface area contributed by atoms with Crippen LogP contribution in [0.25, 0.3) is 0 Å². The van der Waals surface area contributed by atoms with Crippen molar-refractivity contribution in [3.05, 3.63) is 51.0 Å². The van der Waals surface area contributed by atoms with Gasteiger partial charge in [-0.05, 0) is 74.1 Å². The number of nitrogens with zero attached hydrogens (tertiary/aromatic N) is 5. The molecular weight excluding hydrogens is 516 g/mol. The first-order chi connectivity index (χ1) is 18.8. The van der Waals surface area contributed by atoms with Crippen LogP contribution in [0.15, 0.2) is 22.9 Å². The lowest BCUT2D eigenvalue weighted by Crippen LogP contribution is -2.51. The smallest absolute Gasteiger partial charge is 0.410 e. The zero-order valence-corrected chi connectivity index (χ0v) is 23.6. The fourth-order valence-electron chi connectivity index (χ4n) is 5.36. The van der Waals surface area contributed by atoms with E-state index in [-0.39, 0.29) is 30.4 Å². The predicted octanol–water partition coefficient (Wildman–Crippen LogP) is 3.09. The molecule has 2 saturated heterocycles. The van der Waals surface area contributed by atoms with Crippen LogP contribution in [-0.4, -0.2) is 89.0 Å². The summed E-state index contributed by atoms with van der Waals surface area (Å²) >= 11 is 1.61. The standard InChI is InChI=1S/C28H36N6O4S/c1-19-14-23(15-29)31-21(3)26(19)27(36)30-8-4-20(2)32-9-5-24(6-10-32)34(16-22-7-13-39-18-22)25(35)17-33-11-12-38-28(33)37/h7,13-14,18,20,24H,4-6,8-12,16-17H2,1-3H3,(H,30,36)/t20-/m1/s1. The molecule has 2 aromatic rings. The van der Waals surface area contributed by atoms with Gasteiger partial charge in [-0.25, -0.2) is 9.78 Å². The second-order valence-corrected chi connectivity index (χ2v) is 11.0. The van der Waals surface area contributed by atoms with Crippen LogP contribution in [0, 0.1) is 25.2 Å². The summed E-state index contributed by atoms with van der Waals surface area (Å²) in [6, 6.07) is 6.08. The molecule has 0 aromatic carbocycles. The Morgan fingerprint density at radius 3 is 2.69 bits per heavy atom. The van der Waals surface area contributed by atoms with Gasteiger partial charge in [-0.1, -0.05) is 0 Å². The molecular formula is C28H36N6O4S. The third kappa shape index (κ3) is 7.13. The molecule has 0 bridgehead atoms. The number of carbonyl (C=O) groups excluding carboxylic acids is 3. The highest BCUT2D eigenvalue weighted by molar-refractivity contribution is 7.07. The minimum atomic E-state index is -0.421. The summed E-state index contributed by atoms with van der Waals surface area (Å²) in [5, 5.41) is 16.2. The molecule has 4 rings (SSSR count). The van der Waals surface area contributed by atoms with E-state index in [4.69, 9.17) is 10.00 Å². The van der Waals surface area contributed by atoms with Crippen LogP contribution in [0.4, 0.5) is 4.79 Å². The number of aromatic nitrogens is 1.